The van der Waals surface area contributed by atoms with Crippen LogP contribution in [0.25, 0.3) is 0 Å². The van der Waals surface area contributed by atoms with Gasteiger partial charge in [0.25, 0.3) is 10.0 Å². The van der Waals surface area contributed by atoms with Gasteiger partial charge < -0.3 is 18.8 Å². The van der Waals surface area contributed by atoms with Gasteiger partial charge in [-0.2, -0.15) is 0 Å². The van der Waals surface area contributed by atoms with E-state index >= 15 is 0 Å². The molecule has 2 aromatic rings. The van der Waals surface area contributed by atoms with Crippen LogP contribution in [0.3, 0.4) is 0 Å². The normalized spacial score (nSPS) is 20.8. The quantitative estimate of drug-likeness (QED) is 0.444. The van der Waals surface area contributed by atoms with E-state index in [2.05, 4.69) is 0 Å². The summed E-state index contributed by atoms with van der Waals surface area (Å²) in [6.07, 6.45) is -0.0601. The van der Waals surface area contributed by atoms with E-state index in [1.807, 2.05) is 46.8 Å². The van der Waals surface area contributed by atoms with Gasteiger partial charge in [-0.1, -0.05) is 18.2 Å². The Bertz CT molecular complexity index is 1210. The van der Waals surface area contributed by atoms with Crippen molar-refractivity contribution >= 4 is 34.3 Å². The van der Waals surface area contributed by atoms with Crippen LogP contribution in [0, 0.1) is 6.92 Å². The summed E-state index contributed by atoms with van der Waals surface area (Å²) in [4.78, 5) is 11.9. The molecule has 0 N–H and O–H groups in total. The number of ether oxygens (including phenoxy) is 2. The van der Waals surface area contributed by atoms with Gasteiger partial charge in [0, 0.05) is 6.42 Å². The minimum Gasteiger partial charge on any atom is -0.486 e. The zero-order valence-electron chi connectivity index (χ0n) is 21.0. The predicted molar refractivity (Wildman–Crippen MR) is 134 cm³/mol. The molecule has 2 aromatic carbocycles. The summed E-state index contributed by atoms with van der Waals surface area (Å²) in [7, 11) is -3.23. The first kappa shape index (κ1) is 25.5. The number of methoxy groups -OCH3 is 1. The van der Waals surface area contributed by atoms with Crippen LogP contribution in [0.15, 0.2) is 47.4 Å². The zero-order chi connectivity index (χ0) is 25.6. The van der Waals surface area contributed by atoms with Gasteiger partial charge in [0.15, 0.2) is 0 Å². The number of hydrogen-bond acceptors (Lipinski definition) is 7. The van der Waals surface area contributed by atoms with E-state index in [4.69, 9.17) is 18.8 Å². The fraction of sp³-hybridized carbons (Fsp3) is 0.480. The first-order chi connectivity index (χ1) is 16.3. The van der Waals surface area contributed by atoms with Crippen LogP contribution >= 0.6 is 0 Å². The molecule has 0 aliphatic carbocycles. The first-order valence-corrected chi connectivity index (χ1v) is 13.1. The smallest absolute Gasteiger partial charge is 0.486 e. The number of benzene rings is 2. The molecule has 35 heavy (non-hydrogen) atoms. The fourth-order valence-electron chi connectivity index (χ4n) is 4.12. The fourth-order valence-corrected chi connectivity index (χ4v) is 5.72. The van der Waals surface area contributed by atoms with Gasteiger partial charge >= 0.3 is 13.1 Å². The van der Waals surface area contributed by atoms with Crippen LogP contribution in [-0.2, 0) is 28.9 Å². The average Bonchev–Trinajstić information content (AvgIpc) is 3.03. The van der Waals surface area contributed by atoms with Crippen molar-refractivity contribution in [3.05, 3.63) is 48.0 Å². The lowest BCUT2D eigenvalue weighted by Gasteiger charge is -2.36. The lowest BCUT2D eigenvalue weighted by Crippen LogP contribution is -2.45. The summed E-state index contributed by atoms with van der Waals surface area (Å²) in [6, 6.07) is 12.1. The summed E-state index contributed by atoms with van der Waals surface area (Å²) in [6.45, 7) is 9.78. The maximum absolute atomic E-state index is 13.8. The van der Waals surface area contributed by atoms with E-state index in [0.717, 1.165) is 5.56 Å². The molecule has 2 heterocycles. The summed E-state index contributed by atoms with van der Waals surface area (Å²) in [5.74, 6) is 0.0474. The molecule has 2 aliphatic rings. The van der Waals surface area contributed by atoms with E-state index in [0.29, 0.717) is 23.3 Å². The Morgan fingerprint density at radius 3 is 2.43 bits per heavy atom. The van der Waals surface area contributed by atoms with Gasteiger partial charge in [-0.05, 0) is 76.3 Å². The highest BCUT2D eigenvalue weighted by Crippen LogP contribution is 2.40. The van der Waals surface area contributed by atoms with Gasteiger partial charge in [0.1, 0.15) is 11.9 Å². The number of nitrogens with zero attached hydrogens (tertiary/aromatic N) is 1. The average molecular weight is 501 g/mol. The third kappa shape index (κ3) is 4.92. The molecule has 2 aliphatic heterocycles. The molecule has 0 radical (unpaired) electrons. The number of esters is 1. The van der Waals surface area contributed by atoms with Gasteiger partial charge in [-0.15, -0.1) is 0 Å². The van der Waals surface area contributed by atoms with Crippen LogP contribution in [0.2, 0.25) is 0 Å². The van der Waals surface area contributed by atoms with Crippen molar-refractivity contribution in [1.82, 2.24) is 0 Å². The van der Waals surface area contributed by atoms with Crippen LogP contribution in [-0.4, -0.2) is 52.5 Å². The van der Waals surface area contributed by atoms with Crippen molar-refractivity contribution in [2.45, 2.75) is 69.7 Å². The molecule has 10 heteroatoms. The minimum atomic E-state index is -3.91. The number of carbonyl (C=O) groups excluding carboxylic acids is 1. The molecule has 188 valence electrons. The maximum atomic E-state index is 13.8. The van der Waals surface area contributed by atoms with E-state index < -0.39 is 34.4 Å². The van der Waals surface area contributed by atoms with Gasteiger partial charge in [-0.25, -0.2) is 8.42 Å². The minimum absolute atomic E-state index is 0.0626. The van der Waals surface area contributed by atoms with Crippen LogP contribution in [0.5, 0.6) is 5.75 Å². The molecule has 0 bridgehead atoms. The SMILES string of the molecule is COC(=O)CC[C@H]1CN(S(=O)(=O)c2cccc(C)c2)c2cc(B3OC(C)(C)C(C)(C)O3)ccc2O1. The van der Waals surface area contributed by atoms with E-state index in [-0.39, 0.29) is 23.8 Å². The molecular weight excluding hydrogens is 469 g/mol. The van der Waals surface area contributed by atoms with Crippen molar-refractivity contribution < 1.29 is 32.0 Å². The van der Waals surface area contributed by atoms with Crippen molar-refractivity contribution in [2.75, 3.05) is 18.0 Å². The second-order valence-corrected chi connectivity index (χ2v) is 11.9. The topological polar surface area (TPSA) is 91.4 Å². The molecule has 0 aromatic heterocycles. The Kier molecular flexibility index (Phi) is 6.67. The number of anilines is 1. The maximum Gasteiger partial charge on any atom is 0.494 e. The van der Waals surface area contributed by atoms with Crippen LogP contribution < -0.4 is 14.5 Å². The largest absolute Gasteiger partial charge is 0.494 e. The highest BCUT2D eigenvalue weighted by atomic mass is 32.2. The van der Waals surface area contributed by atoms with Gasteiger partial charge in [0.2, 0.25) is 0 Å². The van der Waals surface area contributed by atoms with Crippen molar-refractivity contribution in [2.24, 2.45) is 0 Å². The third-order valence-electron chi connectivity index (χ3n) is 6.92. The van der Waals surface area contributed by atoms with Crippen molar-refractivity contribution in [3.63, 3.8) is 0 Å². The number of sulfonamides is 1. The number of carbonyl (C=O) groups is 1. The second kappa shape index (κ2) is 9.15. The summed E-state index contributed by atoms with van der Waals surface area (Å²) < 4.78 is 52.2. The molecule has 1 fully saturated rings. The van der Waals surface area contributed by atoms with Crippen molar-refractivity contribution in [3.8, 4) is 5.75 Å². The zero-order valence-corrected chi connectivity index (χ0v) is 21.8. The first-order valence-electron chi connectivity index (χ1n) is 11.7. The number of fused-ring (bicyclic) bond motifs is 1. The lowest BCUT2D eigenvalue weighted by molar-refractivity contribution is -0.141. The molecule has 1 atom stereocenters. The monoisotopic (exact) mass is 501 g/mol. The highest BCUT2D eigenvalue weighted by Gasteiger charge is 2.52. The van der Waals surface area contributed by atoms with Gasteiger partial charge in [0.05, 0.1) is 35.4 Å². The highest BCUT2D eigenvalue weighted by molar-refractivity contribution is 7.92. The second-order valence-electron chi connectivity index (χ2n) is 10.0. The molecule has 0 amide bonds. The van der Waals surface area contributed by atoms with Gasteiger partial charge in [-0.3, -0.25) is 9.10 Å². The van der Waals surface area contributed by atoms with Crippen LogP contribution in [0.4, 0.5) is 5.69 Å². The van der Waals surface area contributed by atoms with Crippen molar-refractivity contribution in [1.29, 1.82) is 0 Å². The molecule has 8 nitrogen and oxygen atoms in total. The predicted octanol–water partition coefficient (Wildman–Crippen LogP) is 3.20. The number of hydrogen-bond donors (Lipinski definition) is 0. The summed E-state index contributed by atoms with van der Waals surface area (Å²) in [5.41, 5.74) is 0.886. The Morgan fingerprint density at radius 1 is 1.11 bits per heavy atom. The summed E-state index contributed by atoms with van der Waals surface area (Å²) in [5, 5.41) is 0. The Hall–Kier alpha value is -2.56. The Morgan fingerprint density at radius 2 is 1.80 bits per heavy atom. The summed E-state index contributed by atoms with van der Waals surface area (Å²) >= 11 is 0. The third-order valence-corrected chi connectivity index (χ3v) is 8.69. The number of aryl methyl sites for hydroxylation is 1. The molecule has 0 unspecified atom stereocenters. The molecule has 0 saturated carbocycles. The van der Waals surface area contributed by atoms with E-state index in [9.17, 15) is 13.2 Å². The number of rotatable bonds is 6. The molecule has 0 spiro atoms. The lowest BCUT2D eigenvalue weighted by atomic mass is 9.78. The molecular formula is C25H32BNO7S. The van der Waals surface area contributed by atoms with E-state index in [1.54, 1.807) is 30.3 Å². The Balaban J connectivity index is 1.73. The van der Waals surface area contributed by atoms with E-state index in [1.165, 1.54) is 11.4 Å². The standard InChI is InChI=1S/C25H32BNO7S/c1-17-8-7-9-20(14-17)35(29,30)27-16-19(11-13-23(28)31-6)32-22-12-10-18(15-21(22)27)26-33-24(2,3)25(4,5)34-26/h7-10,12,14-15,19H,11,13,16H2,1-6H3/t19-/m0/s1. The molecule has 1 saturated heterocycles. The molecule has 4 rings (SSSR count). The van der Waals surface area contributed by atoms with Crippen LogP contribution in [0.1, 0.15) is 46.1 Å². The Labute approximate surface area is 207 Å².